The maximum Gasteiger partial charge on any atom is 0.0992 e. The Morgan fingerprint density at radius 3 is 2.23 bits per heavy atom. The Kier molecular flexibility index (Phi) is 2.99. The number of fused-ring (bicyclic) bond motifs is 3. The molecule has 0 aliphatic rings. The molecular formula is C19H11BrN2. The van der Waals surface area contributed by atoms with Crippen molar-refractivity contribution in [1.82, 2.24) is 4.57 Å². The first-order valence-electron chi connectivity index (χ1n) is 6.97. The second kappa shape index (κ2) is 5.01. The third-order valence-corrected chi connectivity index (χ3v) is 4.37. The van der Waals surface area contributed by atoms with Crippen LogP contribution in [0.15, 0.2) is 71.2 Å². The molecule has 0 spiro atoms. The third kappa shape index (κ3) is 1.93. The third-order valence-electron chi connectivity index (χ3n) is 3.87. The molecular weight excluding hydrogens is 336 g/mol. The van der Waals surface area contributed by atoms with Gasteiger partial charge in [0, 0.05) is 20.9 Å². The number of hydrogen-bond acceptors (Lipinski definition) is 1. The average molecular weight is 347 g/mol. The molecule has 0 amide bonds. The van der Waals surface area contributed by atoms with Crippen molar-refractivity contribution < 1.29 is 0 Å². The number of nitriles is 1. The Labute approximate surface area is 136 Å². The smallest absolute Gasteiger partial charge is 0.0992 e. The van der Waals surface area contributed by atoms with Crippen molar-refractivity contribution in [1.29, 1.82) is 5.26 Å². The Balaban J connectivity index is 2.23. The number of nitrogens with zero attached hydrogens (tertiary/aromatic N) is 2. The van der Waals surface area contributed by atoms with Crippen LogP contribution in [0.1, 0.15) is 5.56 Å². The average Bonchev–Trinajstić information content (AvgIpc) is 2.88. The molecule has 22 heavy (non-hydrogen) atoms. The first kappa shape index (κ1) is 13.1. The summed E-state index contributed by atoms with van der Waals surface area (Å²) in [5.41, 5.74) is 3.95. The number of rotatable bonds is 1. The van der Waals surface area contributed by atoms with Gasteiger partial charge in [-0.1, -0.05) is 46.3 Å². The van der Waals surface area contributed by atoms with Crippen LogP contribution in [0.5, 0.6) is 0 Å². The van der Waals surface area contributed by atoms with Crippen molar-refractivity contribution in [2.75, 3.05) is 0 Å². The highest BCUT2D eigenvalue weighted by molar-refractivity contribution is 9.10. The van der Waals surface area contributed by atoms with Crippen LogP contribution < -0.4 is 0 Å². The zero-order valence-electron chi connectivity index (χ0n) is 11.6. The number of aromatic nitrogens is 1. The molecule has 104 valence electrons. The maximum atomic E-state index is 9.21. The zero-order valence-corrected chi connectivity index (χ0v) is 13.2. The van der Waals surface area contributed by atoms with Gasteiger partial charge in [0.25, 0.3) is 0 Å². The van der Waals surface area contributed by atoms with E-state index in [0.717, 1.165) is 26.6 Å². The molecule has 4 aromatic rings. The van der Waals surface area contributed by atoms with Crippen LogP contribution in [0.4, 0.5) is 0 Å². The van der Waals surface area contributed by atoms with E-state index in [1.54, 1.807) is 0 Å². The minimum atomic E-state index is 0.673. The number of halogens is 1. The highest BCUT2D eigenvalue weighted by Crippen LogP contribution is 2.33. The SMILES string of the molecule is N#Cc1ccc2c3ccc(Br)cc3n(-c3ccccc3)c2c1. The molecule has 0 aliphatic carbocycles. The second-order valence-electron chi connectivity index (χ2n) is 5.18. The van der Waals surface area contributed by atoms with Gasteiger partial charge in [0.15, 0.2) is 0 Å². The molecule has 3 aromatic carbocycles. The normalized spacial score (nSPS) is 10.9. The molecule has 4 rings (SSSR count). The van der Waals surface area contributed by atoms with E-state index in [9.17, 15) is 5.26 Å². The van der Waals surface area contributed by atoms with Crippen molar-refractivity contribution in [3.8, 4) is 11.8 Å². The van der Waals surface area contributed by atoms with Gasteiger partial charge < -0.3 is 4.57 Å². The predicted molar refractivity (Wildman–Crippen MR) is 93.2 cm³/mol. The number of benzene rings is 3. The lowest BCUT2D eigenvalue weighted by Gasteiger charge is -2.07. The monoisotopic (exact) mass is 346 g/mol. The summed E-state index contributed by atoms with van der Waals surface area (Å²) in [7, 11) is 0. The van der Waals surface area contributed by atoms with Gasteiger partial charge in [-0.2, -0.15) is 5.26 Å². The second-order valence-corrected chi connectivity index (χ2v) is 6.09. The molecule has 0 aliphatic heterocycles. The van der Waals surface area contributed by atoms with E-state index in [4.69, 9.17) is 0 Å². The lowest BCUT2D eigenvalue weighted by Crippen LogP contribution is -1.93. The summed E-state index contributed by atoms with van der Waals surface area (Å²) in [5.74, 6) is 0. The fraction of sp³-hybridized carbons (Fsp3) is 0. The van der Waals surface area contributed by atoms with E-state index < -0.39 is 0 Å². The Hall–Kier alpha value is -2.57. The minimum Gasteiger partial charge on any atom is -0.309 e. The van der Waals surface area contributed by atoms with Gasteiger partial charge in [0.05, 0.1) is 22.7 Å². The van der Waals surface area contributed by atoms with E-state index in [-0.39, 0.29) is 0 Å². The molecule has 1 aromatic heterocycles. The molecule has 0 bridgehead atoms. The number of hydrogen-bond donors (Lipinski definition) is 0. The number of para-hydroxylation sites is 1. The molecule has 2 nitrogen and oxygen atoms in total. The van der Waals surface area contributed by atoms with Crippen molar-refractivity contribution >= 4 is 37.7 Å². The van der Waals surface area contributed by atoms with E-state index in [2.05, 4.69) is 56.9 Å². The lowest BCUT2D eigenvalue weighted by molar-refractivity contribution is 1.18. The molecule has 0 N–H and O–H groups in total. The predicted octanol–water partition coefficient (Wildman–Crippen LogP) is 5.42. The summed E-state index contributed by atoms with van der Waals surface area (Å²) in [5, 5.41) is 11.6. The first-order valence-corrected chi connectivity index (χ1v) is 7.76. The lowest BCUT2D eigenvalue weighted by atomic mass is 10.1. The van der Waals surface area contributed by atoms with E-state index in [0.29, 0.717) is 5.56 Å². The summed E-state index contributed by atoms with van der Waals surface area (Å²) in [6, 6.07) is 24.6. The first-order chi connectivity index (χ1) is 10.8. The van der Waals surface area contributed by atoms with Crippen LogP contribution in [0, 0.1) is 11.3 Å². The maximum absolute atomic E-state index is 9.21. The Morgan fingerprint density at radius 1 is 0.818 bits per heavy atom. The van der Waals surface area contributed by atoms with Gasteiger partial charge in [-0.15, -0.1) is 0 Å². The molecule has 3 heteroatoms. The van der Waals surface area contributed by atoms with Crippen LogP contribution in [-0.4, -0.2) is 4.57 Å². The van der Waals surface area contributed by atoms with Crippen molar-refractivity contribution in [2.24, 2.45) is 0 Å². The molecule has 0 atom stereocenters. The largest absolute Gasteiger partial charge is 0.309 e. The van der Waals surface area contributed by atoms with Gasteiger partial charge >= 0.3 is 0 Å². The summed E-state index contributed by atoms with van der Waals surface area (Å²) >= 11 is 3.56. The van der Waals surface area contributed by atoms with Crippen molar-refractivity contribution in [3.05, 3.63) is 76.8 Å². The summed E-state index contributed by atoms with van der Waals surface area (Å²) < 4.78 is 3.25. The zero-order chi connectivity index (χ0) is 15.1. The summed E-state index contributed by atoms with van der Waals surface area (Å²) in [4.78, 5) is 0. The molecule has 0 unspecified atom stereocenters. The van der Waals surface area contributed by atoms with E-state index in [1.807, 2.05) is 36.4 Å². The van der Waals surface area contributed by atoms with Crippen molar-refractivity contribution in [3.63, 3.8) is 0 Å². The molecule has 0 fully saturated rings. The van der Waals surface area contributed by atoms with Gasteiger partial charge in [-0.3, -0.25) is 0 Å². The minimum absolute atomic E-state index is 0.673. The molecule has 0 saturated carbocycles. The Morgan fingerprint density at radius 2 is 1.50 bits per heavy atom. The topological polar surface area (TPSA) is 28.7 Å². The van der Waals surface area contributed by atoms with Gasteiger partial charge in [0.1, 0.15) is 0 Å². The van der Waals surface area contributed by atoms with E-state index in [1.165, 1.54) is 5.39 Å². The standard InChI is InChI=1S/C19H11BrN2/c20-14-7-9-17-16-8-6-13(12-21)10-18(16)22(19(17)11-14)15-4-2-1-3-5-15/h1-11H. The Bertz CT molecular complexity index is 1040. The van der Waals surface area contributed by atoms with Crippen LogP contribution in [0.3, 0.4) is 0 Å². The molecule has 0 radical (unpaired) electrons. The van der Waals surface area contributed by atoms with Crippen LogP contribution >= 0.6 is 15.9 Å². The van der Waals surface area contributed by atoms with Crippen LogP contribution in [-0.2, 0) is 0 Å². The summed E-state index contributed by atoms with van der Waals surface area (Å²) in [6.45, 7) is 0. The van der Waals surface area contributed by atoms with Crippen molar-refractivity contribution in [2.45, 2.75) is 0 Å². The van der Waals surface area contributed by atoms with Gasteiger partial charge in [-0.05, 0) is 36.4 Å². The highest BCUT2D eigenvalue weighted by atomic mass is 79.9. The van der Waals surface area contributed by atoms with Crippen LogP contribution in [0.2, 0.25) is 0 Å². The molecule has 1 heterocycles. The van der Waals surface area contributed by atoms with Crippen LogP contribution in [0.25, 0.3) is 27.5 Å². The quantitative estimate of drug-likeness (QED) is 0.452. The van der Waals surface area contributed by atoms with E-state index >= 15 is 0 Å². The fourth-order valence-corrected chi connectivity index (χ4v) is 3.27. The fourth-order valence-electron chi connectivity index (χ4n) is 2.92. The summed E-state index contributed by atoms with van der Waals surface area (Å²) in [6.07, 6.45) is 0. The van der Waals surface area contributed by atoms with Gasteiger partial charge in [-0.25, -0.2) is 0 Å². The highest BCUT2D eigenvalue weighted by Gasteiger charge is 2.12. The van der Waals surface area contributed by atoms with Gasteiger partial charge in [0.2, 0.25) is 0 Å². The molecule has 0 saturated heterocycles.